The summed E-state index contributed by atoms with van der Waals surface area (Å²) < 4.78 is 11.2. The number of aryl methyl sites for hydroxylation is 1. The molecule has 0 aliphatic heterocycles. The summed E-state index contributed by atoms with van der Waals surface area (Å²) >= 11 is 1.67. The van der Waals surface area contributed by atoms with E-state index in [0.717, 1.165) is 6.42 Å². The van der Waals surface area contributed by atoms with E-state index < -0.39 is 0 Å². The molecule has 0 aliphatic rings. The first kappa shape index (κ1) is 19.3. The molecule has 0 aliphatic carbocycles. The Labute approximate surface area is 154 Å². The van der Waals surface area contributed by atoms with Gasteiger partial charge in [-0.15, -0.1) is 11.3 Å². The van der Waals surface area contributed by atoms with Crippen LogP contribution in [0.3, 0.4) is 0 Å². The van der Waals surface area contributed by atoms with Crippen molar-refractivity contribution >= 4 is 17.2 Å². The van der Waals surface area contributed by atoms with Gasteiger partial charge in [-0.25, -0.2) is 0 Å². The second-order valence-electron chi connectivity index (χ2n) is 6.58. The van der Waals surface area contributed by atoms with Gasteiger partial charge < -0.3 is 14.4 Å². The Balaban J connectivity index is 2.07. The van der Waals surface area contributed by atoms with Crippen LogP contribution >= 0.6 is 11.3 Å². The Hall–Kier alpha value is -2.01. The van der Waals surface area contributed by atoms with Crippen LogP contribution in [-0.4, -0.2) is 31.6 Å². The molecule has 1 amide bonds. The van der Waals surface area contributed by atoms with Gasteiger partial charge in [0.25, 0.3) is 5.91 Å². The van der Waals surface area contributed by atoms with E-state index in [9.17, 15) is 4.79 Å². The lowest BCUT2D eigenvalue weighted by molar-refractivity contribution is 0.0786. The summed E-state index contributed by atoms with van der Waals surface area (Å²) in [4.78, 5) is 15.6. The Morgan fingerprint density at radius 3 is 2.60 bits per heavy atom. The Kier molecular flexibility index (Phi) is 6.88. The minimum atomic E-state index is -0.0279. The Morgan fingerprint density at radius 1 is 1.24 bits per heavy atom. The highest BCUT2D eigenvalue weighted by Crippen LogP contribution is 2.29. The third-order valence-electron chi connectivity index (χ3n) is 4.06. The van der Waals surface area contributed by atoms with E-state index in [2.05, 4.69) is 32.2 Å². The quantitative estimate of drug-likeness (QED) is 0.680. The first-order valence-corrected chi connectivity index (χ1v) is 9.39. The van der Waals surface area contributed by atoms with Crippen LogP contribution in [0.5, 0.6) is 11.5 Å². The summed E-state index contributed by atoms with van der Waals surface area (Å²) in [6.07, 6.45) is 0.979. The molecule has 2 rings (SSSR count). The molecule has 0 radical (unpaired) electrons. The number of methoxy groups -OCH3 is 1. The van der Waals surface area contributed by atoms with E-state index in [4.69, 9.17) is 9.47 Å². The molecular formula is C20H27NO3S. The lowest BCUT2D eigenvalue weighted by Crippen LogP contribution is -2.26. The monoisotopic (exact) mass is 361 g/mol. The third-order valence-corrected chi connectivity index (χ3v) is 5.07. The average Bonchev–Trinajstić information content (AvgIpc) is 2.98. The molecule has 0 fully saturated rings. The SMILES string of the molecule is COc1cc(C(=O)N(C)Cc2sccc2C)ccc1OCCC(C)C. The van der Waals surface area contributed by atoms with Gasteiger partial charge in [0.05, 0.1) is 20.3 Å². The summed E-state index contributed by atoms with van der Waals surface area (Å²) in [6, 6.07) is 7.44. The average molecular weight is 362 g/mol. The van der Waals surface area contributed by atoms with Crippen LogP contribution in [0.25, 0.3) is 0 Å². The molecule has 1 aromatic carbocycles. The van der Waals surface area contributed by atoms with Crippen LogP contribution in [0.1, 0.15) is 41.1 Å². The largest absolute Gasteiger partial charge is 0.493 e. The number of hydrogen-bond donors (Lipinski definition) is 0. The maximum absolute atomic E-state index is 12.7. The minimum Gasteiger partial charge on any atom is -0.493 e. The number of amides is 1. The molecule has 25 heavy (non-hydrogen) atoms. The van der Waals surface area contributed by atoms with Gasteiger partial charge in [-0.05, 0) is 54.5 Å². The first-order valence-electron chi connectivity index (χ1n) is 8.51. The van der Waals surface area contributed by atoms with Crippen molar-refractivity contribution in [1.82, 2.24) is 4.90 Å². The summed E-state index contributed by atoms with van der Waals surface area (Å²) in [5.41, 5.74) is 1.82. The molecule has 0 unspecified atom stereocenters. The molecule has 0 saturated carbocycles. The maximum atomic E-state index is 12.7. The molecule has 2 aromatic rings. The van der Waals surface area contributed by atoms with Crippen molar-refractivity contribution < 1.29 is 14.3 Å². The fourth-order valence-corrected chi connectivity index (χ4v) is 3.36. The number of carbonyl (C=O) groups excluding carboxylic acids is 1. The topological polar surface area (TPSA) is 38.8 Å². The number of thiophene rings is 1. The van der Waals surface area contributed by atoms with Crippen molar-refractivity contribution in [2.75, 3.05) is 20.8 Å². The number of rotatable bonds is 8. The summed E-state index contributed by atoms with van der Waals surface area (Å²) in [6.45, 7) is 7.63. The van der Waals surface area contributed by atoms with Crippen molar-refractivity contribution in [3.63, 3.8) is 0 Å². The minimum absolute atomic E-state index is 0.0279. The molecular weight excluding hydrogens is 334 g/mol. The molecule has 136 valence electrons. The third kappa shape index (κ3) is 5.23. The van der Waals surface area contributed by atoms with Crippen molar-refractivity contribution in [1.29, 1.82) is 0 Å². The lowest BCUT2D eigenvalue weighted by atomic mass is 10.1. The van der Waals surface area contributed by atoms with Gasteiger partial charge in [0.2, 0.25) is 0 Å². The molecule has 0 N–H and O–H groups in total. The van der Waals surface area contributed by atoms with Crippen LogP contribution in [0.4, 0.5) is 0 Å². The fraction of sp³-hybridized carbons (Fsp3) is 0.450. The van der Waals surface area contributed by atoms with Crippen LogP contribution in [0.15, 0.2) is 29.6 Å². The van der Waals surface area contributed by atoms with Crippen LogP contribution in [0, 0.1) is 12.8 Å². The molecule has 4 nitrogen and oxygen atoms in total. The number of hydrogen-bond acceptors (Lipinski definition) is 4. The van der Waals surface area contributed by atoms with E-state index in [1.165, 1.54) is 10.4 Å². The highest BCUT2D eigenvalue weighted by atomic mass is 32.1. The van der Waals surface area contributed by atoms with E-state index in [1.807, 2.05) is 13.1 Å². The number of carbonyl (C=O) groups is 1. The van der Waals surface area contributed by atoms with E-state index in [1.54, 1.807) is 35.5 Å². The normalized spacial score (nSPS) is 10.8. The predicted molar refractivity (Wildman–Crippen MR) is 103 cm³/mol. The predicted octanol–water partition coefficient (Wildman–Crippen LogP) is 4.76. The van der Waals surface area contributed by atoms with Crippen molar-refractivity contribution in [3.05, 3.63) is 45.6 Å². The molecule has 0 atom stereocenters. The smallest absolute Gasteiger partial charge is 0.254 e. The van der Waals surface area contributed by atoms with Crippen molar-refractivity contribution in [2.45, 2.75) is 33.7 Å². The standard InChI is InChI=1S/C20H27NO3S/c1-14(2)8-10-24-17-7-6-16(12-18(17)23-5)20(22)21(4)13-19-15(3)9-11-25-19/h6-7,9,11-12,14H,8,10,13H2,1-5H3. The molecule has 1 aromatic heterocycles. The van der Waals surface area contributed by atoms with Gasteiger partial charge in [-0.2, -0.15) is 0 Å². The molecule has 0 bridgehead atoms. The van der Waals surface area contributed by atoms with Gasteiger partial charge in [-0.3, -0.25) is 4.79 Å². The molecule has 1 heterocycles. The summed E-state index contributed by atoms with van der Waals surface area (Å²) in [5.74, 6) is 1.83. The van der Waals surface area contributed by atoms with Gasteiger partial charge in [0, 0.05) is 17.5 Å². The van der Waals surface area contributed by atoms with Crippen LogP contribution in [0.2, 0.25) is 0 Å². The molecule has 5 heteroatoms. The second kappa shape index (κ2) is 8.90. The fourth-order valence-electron chi connectivity index (χ4n) is 2.40. The zero-order valence-corrected chi connectivity index (χ0v) is 16.5. The zero-order valence-electron chi connectivity index (χ0n) is 15.7. The van der Waals surface area contributed by atoms with Crippen molar-refractivity contribution in [2.24, 2.45) is 5.92 Å². The summed E-state index contributed by atoms with van der Waals surface area (Å²) in [7, 11) is 3.42. The molecule has 0 saturated heterocycles. The number of ether oxygens (including phenoxy) is 2. The highest BCUT2D eigenvalue weighted by Gasteiger charge is 2.16. The van der Waals surface area contributed by atoms with Crippen LogP contribution < -0.4 is 9.47 Å². The number of nitrogens with zero attached hydrogens (tertiary/aromatic N) is 1. The Morgan fingerprint density at radius 2 is 2.00 bits per heavy atom. The first-order chi connectivity index (χ1) is 11.9. The maximum Gasteiger partial charge on any atom is 0.254 e. The zero-order chi connectivity index (χ0) is 18.4. The van der Waals surface area contributed by atoms with Crippen LogP contribution in [-0.2, 0) is 6.54 Å². The molecule has 0 spiro atoms. The van der Waals surface area contributed by atoms with Crippen molar-refractivity contribution in [3.8, 4) is 11.5 Å². The van der Waals surface area contributed by atoms with E-state index in [-0.39, 0.29) is 5.91 Å². The van der Waals surface area contributed by atoms with Gasteiger partial charge in [0.1, 0.15) is 0 Å². The lowest BCUT2D eigenvalue weighted by Gasteiger charge is -2.18. The highest BCUT2D eigenvalue weighted by molar-refractivity contribution is 7.10. The number of benzene rings is 1. The van der Waals surface area contributed by atoms with E-state index in [0.29, 0.717) is 36.1 Å². The van der Waals surface area contributed by atoms with Gasteiger partial charge in [0.15, 0.2) is 11.5 Å². The summed E-state index contributed by atoms with van der Waals surface area (Å²) in [5, 5.41) is 2.05. The van der Waals surface area contributed by atoms with E-state index >= 15 is 0 Å². The van der Waals surface area contributed by atoms with Gasteiger partial charge >= 0.3 is 0 Å². The van der Waals surface area contributed by atoms with Gasteiger partial charge in [-0.1, -0.05) is 13.8 Å². The Bertz CT molecular complexity index is 709. The second-order valence-corrected chi connectivity index (χ2v) is 7.59.